The Labute approximate surface area is 114 Å². The van der Waals surface area contributed by atoms with Gasteiger partial charge in [-0.05, 0) is 25.3 Å². The lowest BCUT2D eigenvalue weighted by molar-refractivity contribution is -0.128. The number of nitrogens with zero attached hydrogens (tertiary/aromatic N) is 3. The molecule has 0 radical (unpaired) electrons. The number of aromatic nitrogens is 2. The van der Waals surface area contributed by atoms with Crippen LogP contribution < -0.4 is 5.32 Å². The molecule has 19 heavy (non-hydrogen) atoms. The summed E-state index contributed by atoms with van der Waals surface area (Å²) >= 11 is 0. The van der Waals surface area contributed by atoms with E-state index in [0.29, 0.717) is 12.6 Å². The number of amides is 1. The van der Waals surface area contributed by atoms with Gasteiger partial charge in [-0.2, -0.15) is 5.10 Å². The monoisotopic (exact) mass is 262 g/mol. The van der Waals surface area contributed by atoms with E-state index in [1.807, 2.05) is 7.05 Å². The highest BCUT2D eigenvalue weighted by atomic mass is 16.2. The van der Waals surface area contributed by atoms with Crippen molar-refractivity contribution in [3.8, 4) is 0 Å². The fraction of sp³-hybridized carbons (Fsp3) is 0.714. The molecular weight excluding hydrogens is 240 g/mol. The maximum Gasteiger partial charge on any atom is 0.239 e. The molecule has 2 heterocycles. The van der Waals surface area contributed by atoms with Crippen molar-refractivity contribution in [1.82, 2.24) is 20.0 Å². The molecule has 5 heteroatoms. The summed E-state index contributed by atoms with van der Waals surface area (Å²) in [6, 6.07) is 2.63. The fourth-order valence-electron chi connectivity index (χ4n) is 3.08. The molecule has 3 rings (SSSR count). The molecule has 1 N–H and O–H groups in total. The summed E-state index contributed by atoms with van der Waals surface area (Å²) < 4.78 is 2.10. The van der Waals surface area contributed by atoms with Gasteiger partial charge in [0.1, 0.15) is 0 Å². The van der Waals surface area contributed by atoms with E-state index in [4.69, 9.17) is 0 Å². The van der Waals surface area contributed by atoms with Gasteiger partial charge in [0.15, 0.2) is 0 Å². The van der Waals surface area contributed by atoms with E-state index in [2.05, 4.69) is 27.4 Å². The van der Waals surface area contributed by atoms with Crippen molar-refractivity contribution in [3.63, 3.8) is 0 Å². The Morgan fingerprint density at radius 3 is 2.84 bits per heavy atom. The molecule has 2 fully saturated rings. The SMILES string of the molecule is CN1CCC(NCc2ccn(C3CCCC3)n2)C1=O. The number of hydrogen-bond donors (Lipinski definition) is 1. The van der Waals surface area contributed by atoms with Crippen molar-refractivity contribution in [1.29, 1.82) is 0 Å². The van der Waals surface area contributed by atoms with Crippen LogP contribution in [-0.2, 0) is 11.3 Å². The summed E-state index contributed by atoms with van der Waals surface area (Å²) in [4.78, 5) is 13.6. The molecule has 1 aromatic rings. The smallest absolute Gasteiger partial charge is 0.239 e. The molecule has 2 aliphatic rings. The van der Waals surface area contributed by atoms with Gasteiger partial charge >= 0.3 is 0 Å². The third-order valence-corrected chi connectivity index (χ3v) is 4.32. The van der Waals surface area contributed by atoms with Crippen molar-refractivity contribution in [2.45, 2.75) is 50.7 Å². The minimum Gasteiger partial charge on any atom is -0.344 e. The first kappa shape index (κ1) is 12.7. The average Bonchev–Trinajstić information content (AvgIpc) is 3.11. The number of nitrogens with one attached hydrogen (secondary N) is 1. The largest absolute Gasteiger partial charge is 0.344 e. The number of carbonyl (C=O) groups excluding carboxylic acids is 1. The van der Waals surface area contributed by atoms with E-state index in [-0.39, 0.29) is 11.9 Å². The summed E-state index contributed by atoms with van der Waals surface area (Å²) in [7, 11) is 1.86. The Morgan fingerprint density at radius 2 is 2.16 bits per heavy atom. The molecule has 5 nitrogen and oxygen atoms in total. The van der Waals surface area contributed by atoms with Crippen molar-refractivity contribution >= 4 is 5.91 Å². The van der Waals surface area contributed by atoms with Crippen LogP contribution in [0.5, 0.6) is 0 Å². The Hall–Kier alpha value is -1.36. The third kappa shape index (κ3) is 2.66. The van der Waals surface area contributed by atoms with Gasteiger partial charge in [0.2, 0.25) is 5.91 Å². The first-order chi connectivity index (χ1) is 9.24. The lowest BCUT2D eigenvalue weighted by Gasteiger charge is -2.11. The van der Waals surface area contributed by atoms with E-state index in [9.17, 15) is 4.79 Å². The lowest BCUT2D eigenvalue weighted by atomic mass is 10.2. The zero-order valence-electron chi connectivity index (χ0n) is 11.5. The Balaban J connectivity index is 1.54. The molecule has 1 aliphatic carbocycles. The number of likely N-dealkylation sites (tertiary alicyclic amines) is 1. The summed E-state index contributed by atoms with van der Waals surface area (Å²) in [6.45, 7) is 1.54. The highest BCUT2D eigenvalue weighted by molar-refractivity contribution is 5.83. The number of carbonyl (C=O) groups is 1. The number of likely N-dealkylation sites (N-methyl/N-ethyl adjacent to an activating group) is 1. The maximum absolute atomic E-state index is 11.8. The highest BCUT2D eigenvalue weighted by Gasteiger charge is 2.28. The average molecular weight is 262 g/mol. The first-order valence-corrected chi connectivity index (χ1v) is 7.26. The predicted molar refractivity (Wildman–Crippen MR) is 72.6 cm³/mol. The fourth-order valence-corrected chi connectivity index (χ4v) is 3.08. The van der Waals surface area contributed by atoms with E-state index >= 15 is 0 Å². The van der Waals surface area contributed by atoms with Crippen LogP contribution in [0.3, 0.4) is 0 Å². The quantitative estimate of drug-likeness (QED) is 0.890. The molecule has 0 bridgehead atoms. The van der Waals surface area contributed by atoms with Crippen molar-refractivity contribution in [2.75, 3.05) is 13.6 Å². The van der Waals surface area contributed by atoms with Crippen LogP contribution in [0.25, 0.3) is 0 Å². The standard InChI is InChI=1S/C14H22N4O/c1-17-8-7-13(14(17)19)15-10-11-6-9-18(16-11)12-4-2-3-5-12/h6,9,12-13,15H,2-5,7-8,10H2,1H3. The second-order valence-electron chi connectivity index (χ2n) is 5.71. The van der Waals surface area contributed by atoms with E-state index in [0.717, 1.165) is 18.7 Å². The Morgan fingerprint density at radius 1 is 1.37 bits per heavy atom. The van der Waals surface area contributed by atoms with Crippen molar-refractivity contribution in [2.24, 2.45) is 0 Å². The van der Waals surface area contributed by atoms with Crippen LogP contribution >= 0.6 is 0 Å². The van der Waals surface area contributed by atoms with Crippen LogP contribution in [0.15, 0.2) is 12.3 Å². The van der Waals surface area contributed by atoms with Crippen molar-refractivity contribution in [3.05, 3.63) is 18.0 Å². The molecule has 0 aromatic carbocycles. The predicted octanol–water partition coefficient (Wildman–Crippen LogP) is 1.32. The minimum absolute atomic E-state index is 0.0263. The molecule has 1 saturated heterocycles. The van der Waals surface area contributed by atoms with Gasteiger partial charge in [-0.3, -0.25) is 9.48 Å². The maximum atomic E-state index is 11.8. The molecule has 1 amide bonds. The summed E-state index contributed by atoms with van der Waals surface area (Å²) in [5.41, 5.74) is 1.04. The topological polar surface area (TPSA) is 50.2 Å². The van der Waals surface area contributed by atoms with Gasteiger partial charge in [0, 0.05) is 26.3 Å². The molecular formula is C14H22N4O. The summed E-state index contributed by atoms with van der Waals surface area (Å²) in [5.74, 6) is 0.204. The number of hydrogen-bond acceptors (Lipinski definition) is 3. The molecule has 0 spiro atoms. The van der Waals surface area contributed by atoms with Gasteiger partial charge in [-0.15, -0.1) is 0 Å². The van der Waals surface area contributed by atoms with Gasteiger partial charge in [-0.1, -0.05) is 12.8 Å². The second-order valence-corrected chi connectivity index (χ2v) is 5.71. The van der Waals surface area contributed by atoms with Gasteiger partial charge in [0.25, 0.3) is 0 Å². The van der Waals surface area contributed by atoms with Crippen molar-refractivity contribution < 1.29 is 4.79 Å². The Bertz CT molecular complexity index is 450. The van der Waals surface area contributed by atoms with Crippen LogP contribution in [0.4, 0.5) is 0 Å². The summed E-state index contributed by atoms with van der Waals surface area (Å²) in [5, 5.41) is 7.94. The van der Waals surface area contributed by atoms with Crippen LogP contribution in [0.2, 0.25) is 0 Å². The lowest BCUT2D eigenvalue weighted by Crippen LogP contribution is -2.36. The van der Waals surface area contributed by atoms with E-state index in [1.165, 1.54) is 25.7 Å². The highest BCUT2D eigenvalue weighted by Crippen LogP contribution is 2.28. The Kier molecular flexibility index (Phi) is 3.55. The molecule has 104 valence electrons. The van der Waals surface area contributed by atoms with Crippen LogP contribution in [-0.4, -0.2) is 40.2 Å². The van der Waals surface area contributed by atoms with Gasteiger partial charge in [-0.25, -0.2) is 0 Å². The minimum atomic E-state index is -0.0263. The zero-order valence-corrected chi connectivity index (χ0v) is 11.5. The van der Waals surface area contributed by atoms with Crippen LogP contribution in [0.1, 0.15) is 43.8 Å². The van der Waals surface area contributed by atoms with Gasteiger partial charge in [0.05, 0.1) is 17.8 Å². The molecule has 1 aliphatic heterocycles. The normalized spacial score (nSPS) is 24.6. The summed E-state index contributed by atoms with van der Waals surface area (Å²) in [6.07, 6.45) is 8.12. The second kappa shape index (κ2) is 5.33. The third-order valence-electron chi connectivity index (χ3n) is 4.32. The molecule has 1 aromatic heterocycles. The molecule has 1 saturated carbocycles. The first-order valence-electron chi connectivity index (χ1n) is 7.26. The zero-order chi connectivity index (χ0) is 13.2. The molecule has 1 atom stereocenters. The van der Waals surface area contributed by atoms with Crippen LogP contribution in [0, 0.1) is 0 Å². The molecule has 1 unspecified atom stereocenters. The van der Waals surface area contributed by atoms with Gasteiger partial charge < -0.3 is 10.2 Å². The van der Waals surface area contributed by atoms with E-state index < -0.39 is 0 Å². The number of rotatable bonds is 4. The van der Waals surface area contributed by atoms with E-state index in [1.54, 1.807) is 4.90 Å².